The molecule has 1 unspecified atom stereocenters. The first-order valence-electron chi connectivity index (χ1n) is 10.7. The Balaban J connectivity index is 1.45. The fourth-order valence-electron chi connectivity index (χ4n) is 4.19. The van der Waals surface area contributed by atoms with E-state index in [4.69, 9.17) is 0 Å². The third kappa shape index (κ3) is 4.73. The number of rotatable bonds is 6. The number of nitrogens with zero attached hydrogens (tertiary/aromatic N) is 4. The second kappa shape index (κ2) is 9.33. The summed E-state index contributed by atoms with van der Waals surface area (Å²) in [5.41, 5.74) is 0.941. The Kier molecular flexibility index (Phi) is 6.54. The Labute approximate surface area is 183 Å². The summed E-state index contributed by atoms with van der Waals surface area (Å²) in [7, 11) is -1.59. The van der Waals surface area contributed by atoms with Gasteiger partial charge in [-0.2, -0.15) is 4.31 Å². The van der Waals surface area contributed by atoms with Crippen molar-refractivity contribution in [3.63, 3.8) is 0 Å². The summed E-state index contributed by atoms with van der Waals surface area (Å²) >= 11 is 0. The number of amides is 1. The number of piperazine rings is 1. The van der Waals surface area contributed by atoms with Crippen LogP contribution in [0.3, 0.4) is 0 Å². The van der Waals surface area contributed by atoms with Gasteiger partial charge in [0.1, 0.15) is 11.9 Å². The first-order valence-corrected chi connectivity index (χ1v) is 12.1. The van der Waals surface area contributed by atoms with Gasteiger partial charge in [-0.3, -0.25) is 4.79 Å². The minimum atomic E-state index is -3.70. The highest BCUT2D eigenvalue weighted by Gasteiger charge is 2.39. The number of carbonyl (C=O) groups is 1. The van der Waals surface area contributed by atoms with Crippen molar-refractivity contribution in [1.29, 1.82) is 0 Å². The minimum absolute atomic E-state index is 0.222. The van der Waals surface area contributed by atoms with Crippen molar-refractivity contribution in [1.82, 2.24) is 19.5 Å². The highest BCUT2D eigenvalue weighted by Crippen LogP contribution is 2.26. The highest BCUT2D eigenvalue weighted by molar-refractivity contribution is 7.89. The lowest BCUT2D eigenvalue weighted by atomic mass is 10.2. The predicted octanol–water partition coefficient (Wildman–Crippen LogP) is 1.30. The molecule has 8 nitrogen and oxygen atoms in total. The summed E-state index contributed by atoms with van der Waals surface area (Å²) in [6, 6.07) is 11.5. The molecular weight excluding hydrogens is 414 g/mol. The molecule has 4 rings (SSSR count). The van der Waals surface area contributed by atoms with E-state index in [0.29, 0.717) is 25.9 Å². The van der Waals surface area contributed by atoms with Crippen molar-refractivity contribution in [3.8, 4) is 0 Å². The molecule has 1 aromatic heterocycles. The van der Waals surface area contributed by atoms with E-state index in [1.54, 1.807) is 36.5 Å². The lowest BCUT2D eigenvalue weighted by Crippen LogP contribution is -2.46. The van der Waals surface area contributed by atoms with Crippen LogP contribution in [0.4, 0.5) is 5.82 Å². The fourth-order valence-corrected chi connectivity index (χ4v) is 5.87. The normalized spacial score (nSPS) is 20.7. The van der Waals surface area contributed by atoms with E-state index in [0.717, 1.165) is 37.6 Å². The van der Waals surface area contributed by atoms with Gasteiger partial charge in [0.25, 0.3) is 0 Å². The number of pyridine rings is 1. The van der Waals surface area contributed by atoms with Crippen LogP contribution in [-0.2, 0) is 21.4 Å². The van der Waals surface area contributed by atoms with Gasteiger partial charge in [-0.1, -0.05) is 24.3 Å². The summed E-state index contributed by atoms with van der Waals surface area (Å²) < 4.78 is 27.4. The maximum absolute atomic E-state index is 13.0. The fraction of sp³-hybridized carbons (Fsp3) is 0.455. The van der Waals surface area contributed by atoms with Crippen molar-refractivity contribution in [3.05, 3.63) is 54.2 Å². The van der Waals surface area contributed by atoms with Gasteiger partial charge >= 0.3 is 0 Å². The molecular formula is C22H29N5O3S. The zero-order valence-corrected chi connectivity index (χ0v) is 18.6. The van der Waals surface area contributed by atoms with Crippen molar-refractivity contribution in [2.45, 2.75) is 30.3 Å². The molecule has 2 aromatic rings. The zero-order chi connectivity index (χ0) is 21.8. The van der Waals surface area contributed by atoms with Crippen LogP contribution in [0.1, 0.15) is 18.4 Å². The van der Waals surface area contributed by atoms with Crippen molar-refractivity contribution < 1.29 is 13.2 Å². The standard InChI is InChI=1S/C22H29N5O3S/c1-25-13-15-26(16-14-25)21-18(7-5-11-23-21)17-24-22(28)20-10-6-12-27(20)31(29,30)19-8-3-2-4-9-19/h2-5,7-9,11,20H,6,10,12-17H2,1H3,(H,24,28). The van der Waals surface area contributed by atoms with E-state index >= 15 is 0 Å². The van der Waals surface area contributed by atoms with E-state index in [-0.39, 0.29) is 10.8 Å². The highest BCUT2D eigenvalue weighted by atomic mass is 32.2. The molecule has 2 fully saturated rings. The van der Waals surface area contributed by atoms with Crippen LogP contribution in [-0.4, -0.2) is 74.3 Å². The summed E-state index contributed by atoms with van der Waals surface area (Å²) in [4.78, 5) is 22.3. The predicted molar refractivity (Wildman–Crippen MR) is 119 cm³/mol. The number of benzene rings is 1. The quantitative estimate of drug-likeness (QED) is 0.725. The Hall–Kier alpha value is -2.49. The zero-order valence-electron chi connectivity index (χ0n) is 17.8. The van der Waals surface area contributed by atoms with E-state index in [2.05, 4.69) is 27.1 Å². The van der Waals surface area contributed by atoms with Crippen LogP contribution < -0.4 is 10.2 Å². The van der Waals surface area contributed by atoms with Crippen LogP contribution in [0, 0.1) is 0 Å². The molecule has 3 heterocycles. The third-order valence-electron chi connectivity index (χ3n) is 5.98. The average molecular weight is 444 g/mol. The SMILES string of the molecule is CN1CCN(c2ncccc2CNC(=O)C2CCCN2S(=O)(=O)c2ccccc2)CC1. The molecule has 2 aliphatic heterocycles. The van der Waals surface area contributed by atoms with E-state index in [1.165, 1.54) is 4.31 Å². The second-order valence-electron chi connectivity index (χ2n) is 8.08. The van der Waals surface area contributed by atoms with E-state index < -0.39 is 16.1 Å². The van der Waals surface area contributed by atoms with E-state index in [1.807, 2.05) is 12.1 Å². The molecule has 0 bridgehead atoms. The summed E-state index contributed by atoms with van der Waals surface area (Å²) in [5.74, 6) is 0.626. The molecule has 0 aliphatic carbocycles. The van der Waals surface area contributed by atoms with Crippen molar-refractivity contribution in [2.75, 3.05) is 44.7 Å². The molecule has 1 aromatic carbocycles. The lowest BCUT2D eigenvalue weighted by molar-refractivity contribution is -0.124. The number of hydrogen-bond acceptors (Lipinski definition) is 6. The average Bonchev–Trinajstić information content (AvgIpc) is 3.30. The Morgan fingerprint density at radius 2 is 1.81 bits per heavy atom. The minimum Gasteiger partial charge on any atom is -0.354 e. The largest absolute Gasteiger partial charge is 0.354 e. The molecule has 2 saturated heterocycles. The van der Waals surface area contributed by atoms with Gasteiger partial charge in [0.15, 0.2) is 0 Å². The second-order valence-corrected chi connectivity index (χ2v) is 9.97. The van der Waals surface area contributed by atoms with Gasteiger partial charge in [-0.15, -0.1) is 0 Å². The molecule has 31 heavy (non-hydrogen) atoms. The molecule has 9 heteroatoms. The number of likely N-dealkylation sites (N-methyl/N-ethyl adjacent to an activating group) is 1. The van der Waals surface area contributed by atoms with Crippen LogP contribution >= 0.6 is 0 Å². The third-order valence-corrected chi connectivity index (χ3v) is 7.90. The van der Waals surface area contributed by atoms with Crippen molar-refractivity contribution >= 4 is 21.7 Å². The molecule has 0 radical (unpaired) electrons. The first kappa shape index (κ1) is 21.7. The Bertz CT molecular complexity index is 1010. The van der Waals surface area contributed by atoms with Crippen LogP contribution in [0.15, 0.2) is 53.6 Å². The topological polar surface area (TPSA) is 85.8 Å². The number of sulfonamides is 1. The molecule has 2 aliphatic rings. The van der Waals surface area contributed by atoms with Crippen LogP contribution in [0.5, 0.6) is 0 Å². The number of nitrogens with one attached hydrogen (secondary N) is 1. The monoisotopic (exact) mass is 443 g/mol. The van der Waals surface area contributed by atoms with Crippen LogP contribution in [0.2, 0.25) is 0 Å². The van der Waals surface area contributed by atoms with Gasteiger partial charge in [-0.25, -0.2) is 13.4 Å². The molecule has 1 N–H and O–H groups in total. The molecule has 1 amide bonds. The van der Waals surface area contributed by atoms with Gasteiger partial charge < -0.3 is 15.1 Å². The molecule has 1 atom stereocenters. The lowest BCUT2D eigenvalue weighted by Gasteiger charge is -2.34. The van der Waals surface area contributed by atoms with Gasteiger partial charge in [0.2, 0.25) is 15.9 Å². The van der Waals surface area contributed by atoms with Gasteiger partial charge in [0, 0.05) is 51.0 Å². The molecule has 166 valence electrons. The van der Waals surface area contributed by atoms with Gasteiger partial charge in [-0.05, 0) is 38.1 Å². The maximum atomic E-state index is 13.0. The maximum Gasteiger partial charge on any atom is 0.243 e. The summed E-state index contributed by atoms with van der Waals surface area (Å²) in [6.45, 7) is 4.40. The van der Waals surface area contributed by atoms with E-state index in [9.17, 15) is 13.2 Å². The Morgan fingerprint density at radius 1 is 1.06 bits per heavy atom. The van der Waals surface area contributed by atoms with Crippen molar-refractivity contribution in [2.24, 2.45) is 0 Å². The first-order chi connectivity index (χ1) is 15.0. The number of aromatic nitrogens is 1. The Morgan fingerprint density at radius 3 is 2.55 bits per heavy atom. The number of carbonyl (C=O) groups excluding carboxylic acids is 1. The number of anilines is 1. The smallest absolute Gasteiger partial charge is 0.243 e. The summed E-state index contributed by atoms with van der Waals surface area (Å²) in [6.07, 6.45) is 2.96. The molecule has 0 saturated carbocycles. The summed E-state index contributed by atoms with van der Waals surface area (Å²) in [5, 5.41) is 2.96. The van der Waals surface area contributed by atoms with Crippen LogP contribution in [0.25, 0.3) is 0 Å². The molecule has 0 spiro atoms. The van der Waals surface area contributed by atoms with Gasteiger partial charge in [0.05, 0.1) is 4.90 Å². The number of hydrogen-bond donors (Lipinski definition) is 1.